The molecule has 0 spiro atoms. The van der Waals surface area contributed by atoms with Crippen molar-refractivity contribution in [2.45, 2.75) is 6.92 Å². The maximum absolute atomic E-state index is 13.7. The molecule has 5 heteroatoms. The van der Waals surface area contributed by atoms with E-state index in [0.29, 0.717) is 5.82 Å². The summed E-state index contributed by atoms with van der Waals surface area (Å²) in [5, 5.41) is 4.07. The van der Waals surface area contributed by atoms with E-state index in [9.17, 15) is 4.39 Å². The number of halogens is 1. The number of hydrogen-bond acceptors (Lipinski definition) is 4. The second-order valence-electron chi connectivity index (χ2n) is 6.08. The lowest BCUT2D eigenvalue weighted by molar-refractivity contribution is 0.628. The van der Waals surface area contributed by atoms with Crippen LogP contribution in [0.1, 0.15) is 5.56 Å². The summed E-state index contributed by atoms with van der Waals surface area (Å²) >= 11 is 0. The number of aryl methyl sites for hydroxylation is 1. The molecule has 26 heavy (non-hydrogen) atoms. The molecule has 0 saturated heterocycles. The van der Waals surface area contributed by atoms with Crippen LogP contribution in [-0.4, -0.2) is 22.0 Å². The summed E-state index contributed by atoms with van der Waals surface area (Å²) in [7, 11) is 1.84. The Balaban J connectivity index is 1.96. The van der Waals surface area contributed by atoms with Crippen molar-refractivity contribution < 1.29 is 4.39 Å². The highest BCUT2D eigenvalue weighted by Crippen LogP contribution is 2.32. The molecule has 0 atom stereocenters. The number of benzene rings is 2. The molecule has 4 rings (SSSR count). The number of pyridine rings is 1. The van der Waals surface area contributed by atoms with Gasteiger partial charge < -0.3 is 5.32 Å². The summed E-state index contributed by atoms with van der Waals surface area (Å²) in [5.74, 6) is 1.10. The predicted octanol–water partition coefficient (Wildman–Crippen LogP) is 4.85. The first kappa shape index (κ1) is 16.1. The molecule has 2 heterocycles. The molecule has 4 aromatic rings. The Morgan fingerprint density at radius 1 is 0.962 bits per heavy atom. The normalized spacial score (nSPS) is 10.9. The predicted molar refractivity (Wildman–Crippen MR) is 102 cm³/mol. The number of fused-ring (bicyclic) bond motifs is 1. The smallest absolute Gasteiger partial charge is 0.163 e. The number of hydrogen-bond donors (Lipinski definition) is 1. The van der Waals surface area contributed by atoms with Crippen molar-refractivity contribution in [3.05, 3.63) is 72.3 Å². The molecule has 4 nitrogen and oxygen atoms in total. The lowest BCUT2D eigenvalue weighted by Crippen LogP contribution is -2.00. The molecule has 1 N–H and O–H groups in total. The molecule has 128 valence electrons. The molecular formula is C21H17FN4. The van der Waals surface area contributed by atoms with Gasteiger partial charge in [0, 0.05) is 30.4 Å². The maximum Gasteiger partial charge on any atom is 0.163 e. The Kier molecular flexibility index (Phi) is 4.05. The van der Waals surface area contributed by atoms with E-state index in [4.69, 9.17) is 4.98 Å². The van der Waals surface area contributed by atoms with Crippen LogP contribution < -0.4 is 5.32 Å². The van der Waals surface area contributed by atoms with E-state index in [1.165, 1.54) is 12.1 Å². The van der Waals surface area contributed by atoms with E-state index in [0.717, 1.165) is 39.0 Å². The molecule has 0 amide bonds. The second kappa shape index (κ2) is 6.52. The number of nitrogens with zero attached hydrogens (tertiary/aromatic N) is 3. The number of nitrogens with one attached hydrogen (secondary N) is 1. The van der Waals surface area contributed by atoms with Crippen molar-refractivity contribution in [3.63, 3.8) is 0 Å². The van der Waals surface area contributed by atoms with Crippen LogP contribution in [0.15, 0.2) is 60.9 Å². The molecule has 0 unspecified atom stereocenters. The molecule has 0 radical (unpaired) electrons. The summed E-state index contributed by atoms with van der Waals surface area (Å²) in [5.41, 5.74) is 4.47. The van der Waals surface area contributed by atoms with Crippen molar-refractivity contribution in [1.29, 1.82) is 0 Å². The van der Waals surface area contributed by atoms with Crippen molar-refractivity contribution in [2.75, 3.05) is 12.4 Å². The first-order valence-electron chi connectivity index (χ1n) is 8.32. The van der Waals surface area contributed by atoms with Crippen LogP contribution in [0.3, 0.4) is 0 Å². The topological polar surface area (TPSA) is 50.7 Å². The lowest BCUT2D eigenvalue weighted by Gasteiger charge is -2.12. The van der Waals surface area contributed by atoms with Gasteiger partial charge in [-0.05, 0) is 60.0 Å². The van der Waals surface area contributed by atoms with E-state index in [1.807, 2.05) is 44.3 Å². The number of anilines is 1. The first-order chi connectivity index (χ1) is 12.7. The van der Waals surface area contributed by atoms with Gasteiger partial charge in [0.25, 0.3) is 0 Å². The first-order valence-corrected chi connectivity index (χ1v) is 8.32. The molecule has 2 aromatic heterocycles. The van der Waals surface area contributed by atoms with Gasteiger partial charge in [0.15, 0.2) is 5.82 Å². The minimum Gasteiger partial charge on any atom is -0.373 e. The minimum atomic E-state index is -0.253. The van der Waals surface area contributed by atoms with E-state index in [1.54, 1.807) is 18.5 Å². The zero-order chi connectivity index (χ0) is 18.1. The van der Waals surface area contributed by atoms with Crippen LogP contribution in [0.5, 0.6) is 0 Å². The SMILES string of the molecule is CNc1nc(-c2cccnc2)nc2cc(-c3cccc(F)c3)c(C)cc12. The van der Waals surface area contributed by atoms with Crippen LogP contribution in [0.2, 0.25) is 0 Å². The average molecular weight is 344 g/mol. The van der Waals surface area contributed by atoms with Crippen LogP contribution in [0, 0.1) is 12.7 Å². The Morgan fingerprint density at radius 3 is 2.54 bits per heavy atom. The van der Waals surface area contributed by atoms with E-state index in [-0.39, 0.29) is 5.82 Å². The highest BCUT2D eigenvalue weighted by Gasteiger charge is 2.12. The largest absolute Gasteiger partial charge is 0.373 e. The quantitative estimate of drug-likeness (QED) is 0.577. The zero-order valence-electron chi connectivity index (χ0n) is 14.5. The molecule has 0 bridgehead atoms. The summed E-state index contributed by atoms with van der Waals surface area (Å²) < 4.78 is 13.7. The standard InChI is InChI=1S/C21H17FN4/c1-13-9-18-19(11-17(13)14-5-3-7-16(22)10-14)25-20(26-21(18)23-2)15-6-4-8-24-12-15/h3-12H,1-2H3,(H,23,25,26). The van der Waals surface area contributed by atoms with Crippen LogP contribution in [-0.2, 0) is 0 Å². The summed E-state index contributed by atoms with van der Waals surface area (Å²) in [6, 6.07) is 14.4. The van der Waals surface area contributed by atoms with Crippen LogP contribution in [0.4, 0.5) is 10.2 Å². The fourth-order valence-corrected chi connectivity index (χ4v) is 3.07. The van der Waals surface area contributed by atoms with E-state index in [2.05, 4.69) is 15.3 Å². The lowest BCUT2D eigenvalue weighted by atomic mass is 9.98. The molecule has 0 fully saturated rings. The van der Waals surface area contributed by atoms with Gasteiger partial charge in [0.05, 0.1) is 5.52 Å². The van der Waals surface area contributed by atoms with Gasteiger partial charge in [-0.3, -0.25) is 4.98 Å². The Hall–Kier alpha value is -3.34. The Morgan fingerprint density at radius 2 is 1.81 bits per heavy atom. The van der Waals surface area contributed by atoms with Gasteiger partial charge in [0.2, 0.25) is 0 Å². The second-order valence-corrected chi connectivity index (χ2v) is 6.08. The third-order valence-electron chi connectivity index (χ3n) is 4.33. The fourth-order valence-electron chi connectivity index (χ4n) is 3.07. The van der Waals surface area contributed by atoms with Crippen LogP contribution >= 0.6 is 0 Å². The Labute approximate surface area is 150 Å². The highest BCUT2D eigenvalue weighted by molar-refractivity contribution is 5.94. The van der Waals surface area contributed by atoms with Gasteiger partial charge >= 0.3 is 0 Å². The third-order valence-corrected chi connectivity index (χ3v) is 4.33. The van der Waals surface area contributed by atoms with Gasteiger partial charge in [-0.2, -0.15) is 0 Å². The van der Waals surface area contributed by atoms with Gasteiger partial charge in [0.1, 0.15) is 11.6 Å². The minimum absolute atomic E-state index is 0.253. The summed E-state index contributed by atoms with van der Waals surface area (Å²) in [6.45, 7) is 2.01. The highest BCUT2D eigenvalue weighted by atomic mass is 19.1. The van der Waals surface area contributed by atoms with Crippen molar-refractivity contribution >= 4 is 16.7 Å². The molecular weight excluding hydrogens is 327 g/mol. The van der Waals surface area contributed by atoms with Crippen molar-refractivity contribution in [3.8, 4) is 22.5 Å². The van der Waals surface area contributed by atoms with Crippen LogP contribution in [0.25, 0.3) is 33.4 Å². The maximum atomic E-state index is 13.7. The van der Waals surface area contributed by atoms with Gasteiger partial charge in [-0.25, -0.2) is 14.4 Å². The summed E-state index contributed by atoms with van der Waals surface area (Å²) in [6.07, 6.45) is 3.46. The average Bonchev–Trinajstić information content (AvgIpc) is 2.67. The molecule has 0 aliphatic heterocycles. The third kappa shape index (κ3) is 2.88. The number of aromatic nitrogens is 3. The summed E-state index contributed by atoms with van der Waals surface area (Å²) in [4.78, 5) is 13.5. The monoisotopic (exact) mass is 344 g/mol. The van der Waals surface area contributed by atoms with Gasteiger partial charge in [-0.1, -0.05) is 12.1 Å². The van der Waals surface area contributed by atoms with E-state index >= 15 is 0 Å². The van der Waals surface area contributed by atoms with E-state index < -0.39 is 0 Å². The molecule has 2 aromatic carbocycles. The van der Waals surface area contributed by atoms with Gasteiger partial charge in [-0.15, -0.1) is 0 Å². The molecule has 0 saturated carbocycles. The molecule has 0 aliphatic carbocycles. The fraction of sp³-hybridized carbons (Fsp3) is 0.0952. The molecule has 0 aliphatic rings. The van der Waals surface area contributed by atoms with Crippen molar-refractivity contribution in [1.82, 2.24) is 15.0 Å². The number of rotatable bonds is 3. The Bertz CT molecular complexity index is 1090. The zero-order valence-corrected chi connectivity index (χ0v) is 14.5. The van der Waals surface area contributed by atoms with Crippen molar-refractivity contribution in [2.24, 2.45) is 0 Å².